The summed E-state index contributed by atoms with van der Waals surface area (Å²) < 4.78 is 11.5. The summed E-state index contributed by atoms with van der Waals surface area (Å²) in [5, 5.41) is 0. The number of ether oxygens (including phenoxy) is 2. The molecule has 1 aliphatic carbocycles. The molecule has 0 spiro atoms. The molecule has 1 unspecified atom stereocenters. The maximum absolute atomic E-state index is 13.4. The SMILES string of the molecule is CCC[C@@]12CCC(O1)[C@@]1(C(=O)OC)CCCCCC[C@@H]2C1=O. The lowest BCUT2D eigenvalue weighted by Crippen LogP contribution is -2.60. The Kier molecular flexibility index (Phi) is 4.32. The summed E-state index contributed by atoms with van der Waals surface area (Å²) in [6.45, 7) is 2.15. The summed E-state index contributed by atoms with van der Waals surface area (Å²) >= 11 is 0. The Hall–Kier alpha value is -0.900. The Morgan fingerprint density at radius 3 is 2.73 bits per heavy atom. The molecule has 0 aromatic carbocycles. The molecule has 2 aliphatic heterocycles. The van der Waals surface area contributed by atoms with E-state index in [-0.39, 0.29) is 29.4 Å². The van der Waals surface area contributed by atoms with Gasteiger partial charge in [-0.3, -0.25) is 9.59 Å². The van der Waals surface area contributed by atoms with Crippen LogP contribution >= 0.6 is 0 Å². The van der Waals surface area contributed by atoms with Crippen molar-refractivity contribution in [1.29, 1.82) is 0 Å². The van der Waals surface area contributed by atoms with Crippen LogP contribution < -0.4 is 0 Å². The van der Waals surface area contributed by atoms with Crippen molar-refractivity contribution in [1.82, 2.24) is 0 Å². The lowest BCUT2D eigenvalue weighted by molar-refractivity contribution is -0.201. The van der Waals surface area contributed by atoms with E-state index in [0.29, 0.717) is 6.42 Å². The third-order valence-electron chi connectivity index (χ3n) is 6.18. The quantitative estimate of drug-likeness (QED) is 0.592. The minimum Gasteiger partial charge on any atom is -0.468 e. The zero-order valence-corrected chi connectivity index (χ0v) is 13.9. The summed E-state index contributed by atoms with van der Waals surface area (Å²) in [6.07, 6.45) is 9.08. The molecule has 3 fully saturated rings. The Labute approximate surface area is 132 Å². The maximum Gasteiger partial charge on any atom is 0.322 e. The number of Topliss-reactive ketones (excluding diaryl/α,β-unsaturated/α-hetero) is 1. The molecule has 124 valence electrons. The highest BCUT2D eigenvalue weighted by molar-refractivity contribution is 6.07. The lowest BCUT2D eigenvalue weighted by atomic mass is 9.65. The van der Waals surface area contributed by atoms with Crippen LogP contribution in [0.2, 0.25) is 0 Å². The number of methoxy groups -OCH3 is 1. The van der Waals surface area contributed by atoms with Crippen LogP contribution in [0.1, 0.15) is 71.1 Å². The summed E-state index contributed by atoms with van der Waals surface area (Å²) in [4.78, 5) is 26.0. The van der Waals surface area contributed by atoms with E-state index in [9.17, 15) is 9.59 Å². The van der Waals surface area contributed by atoms with Crippen LogP contribution in [0.25, 0.3) is 0 Å². The number of carbonyl (C=O) groups excluding carboxylic acids is 2. The van der Waals surface area contributed by atoms with Crippen LogP contribution in [0, 0.1) is 11.3 Å². The maximum atomic E-state index is 13.4. The van der Waals surface area contributed by atoms with Crippen LogP contribution in [0.3, 0.4) is 0 Å². The van der Waals surface area contributed by atoms with Gasteiger partial charge in [0.1, 0.15) is 0 Å². The van der Waals surface area contributed by atoms with E-state index in [1.165, 1.54) is 7.11 Å². The van der Waals surface area contributed by atoms with Crippen molar-refractivity contribution in [2.24, 2.45) is 11.3 Å². The molecule has 2 saturated heterocycles. The summed E-state index contributed by atoms with van der Waals surface area (Å²) in [7, 11) is 1.40. The van der Waals surface area contributed by atoms with Crippen LogP contribution in [0.4, 0.5) is 0 Å². The largest absolute Gasteiger partial charge is 0.468 e. The number of carbonyl (C=O) groups is 2. The van der Waals surface area contributed by atoms with Crippen molar-refractivity contribution in [2.75, 3.05) is 7.11 Å². The molecule has 3 rings (SSSR count). The van der Waals surface area contributed by atoms with E-state index >= 15 is 0 Å². The molecule has 0 aromatic rings. The van der Waals surface area contributed by atoms with E-state index in [0.717, 1.165) is 57.8 Å². The van der Waals surface area contributed by atoms with Crippen molar-refractivity contribution >= 4 is 11.8 Å². The molecular weight excluding hydrogens is 280 g/mol. The van der Waals surface area contributed by atoms with E-state index in [1.807, 2.05) is 0 Å². The van der Waals surface area contributed by atoms with Gasteiger partial charge in [-0.15, -0.1) is 0 Å². The van der Waals surface area contributed by atoms with E-state index in [2.05, 4.69) is 6.92 Å². The molecular formula is C18H28O4. The lowest BCUT2D eigenvalue weighted by Gasteiger charge is -2.47. The molecule has 3 aliphatic rings. The van der Waals surface area contributed by atoms with Gasteiger partial charge in [0, 0.05) is 5.92 Å². The number of ketones is 1. The third-order valence-corrected chi connectivity index (χ3v) is 6.18. The van der Waals surface area contributed by atoms with Crippen molar-refractivity contribution in [3.8, 4) is 0 Å². The third kappa shape index (κ3) is 2.14. The van der Waals surface area contributed by atoms with Crippen molar-refractivity contribution in [3.05, 3.63) is 0 Å². The van der Waals surface area contributed by atoms with E-state index in [4.69, 9.17) is 9.47 Å². The molecule has 4 bridgehead atoms. The fourth-order valence-corrected chi connectivity index (χ4v) is 5.17. The van der Waals surface area contributed by atoms with Crippen LogP contribution in [-0.4, -0.2) is 30.6 Å². The van der Waals surface area contributed by atoms with Gasteiger partial charge >= 0.3 is 5.97 Å². The Morgan fingerprint density at radius 2 is 2.00 bits per heavy atom. The minimum absolute atomic E-state index is 0.122. The second-order valence-electron chi connectivity index (χ2n) is 7.29. The number of hydrogen-bond donors (Lipinski definition) is 0. The monoisotopic (exact) mass is 308 g/mol. The zero-order valence-electron chi connectivity index (χ0n) is 13.9. The first kappa shape index (κ1) is 16.0. The summed E-state index contributed by atoms with van der Waals surface area (Å²) in [5.74, 6) is -0.353. The second kappa shape index (κ2) is 5.95. The molecule has 0 N–H and O–H groups in total. The Balaban J connectivity index is 2.05. The first-order chi connectivity index (χ1) is 10.6. The van der Waals surface area contributed by atoms with Crippen LogP contribution in [0.5, 0.6) is 0 Å². The van der Waals surface area contributed by atoms with Gasteiger partial charge in [0.25, 0.3) is 0 Å². The minimum atomic E-state index is -1.03. The standard InChI is InChI=1S/C18H28O4/c1-3-10-17-12-9-14(22-17)18(16(20)21-2)11-7-5-4-6-8-13(17)15(18)19/h13-14H,3-12H2,1-2H3/t13-,14?,17+,18+/m1/s1. The van der Waals surface area contributed by atoms with Crippen molar-refractivity contribution < 1.29 is 19.1 Å². The smallest absolute Gasteiger partial charge is 0.322 e. The molecule has 4 heteroatoms. The molecule has 0 radical (unpaired) electrons. The van der Waals surface area contributed by atoms with E-state index < -0.39 is 5.41 Å². The number of rotatable bonds is 3. The average Bonchev–Trinajstić information content (AvgIpc) is 2.91. The second-order valence-corrected chi connectivity index (χ2v) is 7.29. The first-order valence-corrected chi connectivity index (χ1v) is 8.91. The van der Waals surface area contributed by atoms with Crippen molar-refractivity contribution in [3.63, 3.8) is 0 Å². The molecule has 0 amide bonds. The molecule has 0 aromatic heterocycles. The first-order valence-electron chi connectivity index (χ1n) is 8.91. The highest BCUT2D eigenvalue weighted by Gasteiger charge is 2.67. The molecule has 4 nitrogen and oxygen atoms in total. The number of esters is 1. The highest BCUT2D eigenvalue weighted by Crippen LogP contribution is 2.56. The average molecular weight is 308 g/mol. The van der Waals surface area contributed by atoms with E-state index in [1.54, 1.807) is 0 Å². The van der Waals surface area contributed by atoms with Gasteiger partial charge < -0.3 is 9.47 Å². The molecule has 1 saturated carbocycles. The fourth-order valence-electron chi connectivity index (χ4n) is 5.17. The van der Waals surface area contributed by atoms with Gasteiger partial charge in [-0.05, 0) is 32.1 Å². The Morgan fingerprint density at radius 1 is 1.23 bits per heavy atom. The van der Waals surface area contributed by atoms with Gasteiger partial charge in [0.2, 0.25) is 0 Å². The molecule has 2 heterocycles. The summed E-state index contributed by atoms with van der Waals surface area (Å²) in [5.41, 5.74) is -1.34. The number of fused-ring (bicyclic) bond motifs is 6. The van der Waals surface area contributed by atoms with Gasteiger partial charge in [0.15, 0.2) is 11.2 Å². The van der Waals surface area contributed by atoms with Gasteiger partial charge in [-0.25, -0.2) is 0 Å². The molecule has 4 atom stereocenters. The Bertz CT molecular complexity index is 460. The topological polar surface area (TPSA) is 52.6 Å². The van der Waals surface area contributed by atoms with Gasteiger partial charge in [-0.2, -0.15) is 0 Å². The fraction of sp³-hybridized carbons (Fsp3) is 0.889. The van der Waals surface area contributed by atoms with Gasteiger partial charge in [-0.1, -0.05) is 39.0 Å². The van der Waals surface area contributed by atoms with Crippen LogP contribution in [0.15, 0.2) is 0 Å². The van der Waals surface area contributed by atoms with Gasteiger partial charge in [0.05, 0.1) is 18.8 Å². The normalized spacial score (nSPS) is 41.5. The predicted octanol–water partition coefficient (Wildman–Crippen LogP) is 3.42. The zero-order chi connectivity index (χ0) is 15.8. The van der Waals surface area contributed by atoms with Crippen LogP contribution in [-0.2, 0) is 19.1 Å². The molecule has 22 heavy (non-hydrogen) atoms. The predicted molar refractivity (Wildman–Crippen MR) is 82.4 cm³/mol. The summed E-state index contributed by atoms with van der Waals surface area (Å²) in [6, 6.07) is 0. The van der Waals surface area contributed by atoms with Crippen molar-refractivity contribution in [2.45, 2.75) is 82.8 Å². The highest BCUT2D eigenvalue weighted by atomic mass is 16.5. The number of hydrogen-bond acceptors (Lipinski definition) is 4.